The number of sulfonamides is 1. The number of nitrogens with one attached hydrogen (secondary N) is 1. The highest BCUT2D eigenvalue weighted by molar-refractivity contribution is 7.92. The number of hydrogen-bond donors (Lipinski definition) is 1. The van der Waals surface area contributed by atoms with Gasteiger partial charge < -0.3 is 10.2 Å². The molecule has 0 aromatic heterocycles. The number of carbonyl (C=O) groups is 2. The molecule has 0 spiro atoms. The van der Waals surface area contributed by atoms with E-state index in [1.165, 1.54) is 23.1 Å². The van der Waals surface area contributed by atoms with Crippen molar-refractivity contribution in [2.75, 3.05) is 17.1 Å². The highest BCUT2D eigenvalue weighted by atomic mass is 35.5. The van der Waals surface area contributed by atoms with Crippen LogP contribution in [0.1, 0.15) is 31.4 Å². The quantitative estimate of drug-likeness (QED) is 0.296. The first-order chi connectivity index (χ1) is 18.9. The van der Waals surface area contributed by atoms with Crippen molar-refractivity contribution in [3.8, 4) is 0 Å². The Morgan fingerprint density at radius 1 is 0.975 bits per heavy atom. The molecule has 214 valence electrons. The molecule has 0 aliphatic heterocycles. The van der Waals surface area contributed by atoms with Crippen molar-refractivity contribution in [2.24, 2.45) is 0 Å². The van der Waals surface area contributed by atoms with E-state index in [1.807, 2.05) is 44.2 Å². The molecule has 3 aromatic rings. The second-order valence-electron chi connectivity index (χ2n) is 9.49. The van der Waals surface area contributed by atoms with Crippen LogP contribution in [0.3, 0.4) is 0 Å². The van der Waals surface area contributed by atoms with Gasteiger partial charge in [-0.25, -0.2) is 12.8 Å². The Bertz CT molecular complexity index is 1420. The number of carbonyl (C=O) groups excluding carboxylic acids is 2. The molecule has 0 unspecified atom stereocenters. The molecule has 11 heteroatoms. The Hall–Kier alpha value is -3.14. The standard InChI is InChI=1S/C29H32Cl2FN3O4S/c1-4-20(2)33-29(37)27(16-21-10-6-5-7-11-21)34(18-24-25(30)14-9-15-26(24)31)28(36)19-35(40(3,38)39)23-13-8-12-22(32)17-23/h5-15,17,20,27H,4,16,18-19H2,1-3H3,(H,33,37)/t20-,27+/m0/s1. The normalized spacial score (nSPS) is 12.8. The zero-order valence-electron chi connectivity index (χ0n) is 22.5. The van der Waals surface area contributed by atoms with Crippen LogP contribution in [-0.4, -0.2) is 50.0 Å². The predicted molar refractivity (Wildman–Crippen MR) is 157 cm³/mol. The number of anilines is 1. The number of amides is 2. The maximum Gasteiger partial charge on any atom is 0.244 e. The maximum atomic E-state index is 14.0. The van der Waals surface area contributed by atoms with E-state index in [9.17, 15) is 22.4 Å². The second-order valence-corrected chi connectivity index (χ2v) is 12.2. The molecule has 2 atom stereocenters. The van der Waals surface area contributed by atoms with E-state index in [2.05, 4.69) is 5.32 Å². The van der Waals surface area contributed by atoms with Gasteiger partial charge in [0.15, 0.2) is 0 Å². The van der Waals surface area contributed by atoms with Gasteiger partial charge >= 0.3 is 0 Å². The third-order valence-electron chi connectivity index (χ3n) is 6.44. The van der Waals surface area contributed by atoms with E-state index in [0.29, 0.717) is 12.0 Å². The van der Waals surface area contributed by atoms with Crippen LogP contribution in [0.15, 0.2) is 72.8 Å². The summed E-state index contributed by atoms with van der Waals surface area (Å²) in [6, 6.07) is 17.8. The molecule has 0 heterocycles. The predicted octanol–water partition coefficient (Wildman–Crippen LogP) is 5.45. The molecule has 2 amide bonds. The Labute approximate surface area is 244 Å². The van der Waals surface area contributed by atoms with Crippen molar-refractivity contribution in [2.45, 2.75) is 45.3 Å². The van der Waals surface area contributed by atoms with Gasteiger partial charge in [0.25, 0.3) is 0 Å². The smallest absolute Gasteiger partial charge is 0.244 e. The fourth-order valence-electron chi connectivity index (χ4n) is 4.09. The first-order valence-electron chi connectivity index (χ1n) is 12.7. The first kappa shape index (κ1) is 31.4. The summed E-state index contributed by atoms with van der Waals surface area (Å²) in [6.45, 7) is 2.94. The van der Waals surface area contributed by atoms with Crippen molar-refractivity contribution in [1.29, 1.82) is 0 Å². The molecule has 0 radical (unpaired) electrons. The second kappa shape index (κ2) is 14.0. The van der Waals surface area contributed by atoms with E-state index < -0.39 is 40.2 Å². The molecule has 0 bridgehead atoms. The summed E-state index contributed by atoms with van der Waals surface area (Å²) in [6.07, 6.45) is 1.74. The average Bonchev–Trinajstić information content (AvgIpc) is 2.90. The Morgan fingerprint density at radius 2 is 1.60 bits per heavy atom. The van der Waals surface area contributed by atoms with E-state index in [0.717, 1.165) is 22.2 Å². The zero-order valence-corrected chi connectivity index (χ0v) is 24.8. The minimum absolute atomic E-state index is 0.0183. The average molecular weight is 609 g/mol. The summed E-state index contributed by atoms with van der Waals surface area (Å²) in [4.78, 5) is 29.0. The summed E-state index contributed by atoms with van der Waals surface area (Å²) in [7, 11) is -4.01. The van der Waals surface area contributed by atoms with E-state index in [-0.39, 0.29) is 34.7 Å². The first-order valence-corrected chi connectivity index (χ1v) is 15.3. The van der Waals surface area contributed by atoms with Crippen molar-refractivity contribution < 1.29 is 22.4 Å². The summed E-state index contributed by atoms with van der Waals surface area (Å²) in [5.41, 5.74) is 1.18. The van der Waals surface area contributed by atoms with Gasteiger partial charge in [0.05, 0.1) is 11.9 Å². The molecule has 40 heavy (non-hydrogen) atoms. The third-order valence-corrected chi connectivity index (χ3v) is 8.29. The molecule has 0 saturated heterocycles. The maximum absolute atomic E-state index is 14.0. The Kier molecular flexibility index (Phi) is 11.0. The number of rotatable bonds is 12. The van der Waals surface area contributed by atoms with Crippen LogP contribution < -0.4 is 9.62 Å². The summed E-state index contributed by atoms with van der Waals surface area (Å²) >= 11 is 12.9. The lowest BCUT2D eigenvalue weighted by molar-refractivity contribution is -0.140. The number of nitrogens with zero attached hydrogens (tertiary/aromatic N) is 2. The monoisotopic (exact) mass is 607 g/mol. The van der Waals surface area contributed by atoms with Gasteiger partial charge in [-0.1, -0.05) is 72.6 Å². The molecular weight excluding hydrogens is 576 g/mol. The third kappa shape index (κ3) is 8.43. The van der Waals surface area contributed by atoms with Crippen molar-refractivity contribution in [3.05, 3.63) is 99.8 Å². The van der Waals surface area contributed by atoms with Gasteiger partial charge in [0.1, 0.15) is 18.4 Å². The lowest BCUT2D eigenvalue weighted by Crippen LogP contribution is -2.54. The SMILES string of the molecule is CC[C@H](C)NC(=O)[C@@H](Cc1ccccc1)N(Cc1c(Cl)cccc1Cl)C(=O)CN(c1cccc(F)c1)S(C)(=O)=O. The van der Waals surface area contributed by atoms with Crippen LogP contribution in [-0.2, 0) is 32.6 Å². The molecule has 7 nitrogen and oxygen atoms in total. The lowest BCUT2D eigenvalue weighted by Gasteiger charge is -2.34. The van der Waals surface area contributed by atoms with E-state index >= 15 is 0 Å². The van der Waals surface area contributed by atoms with Gasteiger partial charge in [-0.05, 0) is 49.2 Å². The van der Waals surface area contributed by atoms with Gasteiger partial charge in [0, 0.05) is 34.6 Å². The van der Waals surface area contributed by atoms with Crippen LogP contribution in [0.5, 0.6) is 0 Å². The highest BCUT2D eigenvalue weighted by Crippen LogP contribution is 2.28. The molecule has 0 aliphatic rings. The highest BCUT2D eigenvalue weighted by Gasteiger charge is 2.34. The largest absolute Gasteiger partial charge is 0.352 e. The molecule has 3 aromatic carbocycles. The lowest BCUT2D eigenvalue weighted by atomic mass is 10.0. The van der Waals surface area contributed by atoms with Gasteiger partial charge in [-0.3, -0.25) is 13.9 Å². The fraction of sp³-hybridized carbons (Fsp3) is 0.310. The Balaban J connectivity index is 2.11. The van der Waals surface area contributed by atoms with Crippen molar-refractivity contribution >= 4 is 50.7 Å². The Morgan fingerprint density at radius 3 is 2.17 bits per heavy atom. The van der Waals surface area contributed by atoms with Crippen LogP contribution in [0.4, 0.5) is 10.1 Å². The van der Waals surface area contributed by atoms with Crippen LogP contribution >= 0.6 is 23.2 Å². The molecule has 0 fully saturated rings. The van der Waals surface area contributed by atoms with Crippen LogP contribution in [0, 0.1) is 5.82 Å². The van der Waals surface area contributed by atoms with Crippen LogP contribution in [0.25, 0.3) is 0 Å². The number of halogens is 3. The van der Waals surface area contributed by atoms with Gasteiger partial charge in [0.2, 0.25) is 21.8 Å². The zero-order chi connectivity index (χ0) is 29.4. The van der Waals surface area contributed by atoms with E-state index in [1.54, 1.807) is 18.2 Å². The fourth-order valence-corrected chi connectivity index (χ4v) is 5.45. The molecule has 0 saturated carbocycles. The molecule has 1 N–H and O–H groups in total. The number of hydrogen-bond acceptors (Lipinski definition) is 4. The minimum atomic E-state index is -4.01. The topological polar surface area (TPSA) is 86.8 Å². The minimum Gasteiger partial charge on any atom is -0.352 e. The summed E-state index contributed by atoms with van der Waals surface area (Å²) in [5.74, 6) is -1.76. The van der Waals surface area contributed by atoms with Gasteiger partial charge in [-0.15, -0.1) is 0 Å². The van der Waals surface area contributed by atoms with Crippen LogP contribution in [0.2, 0.25) is 10.0 Å². The molecule has 0 aliphatic carbocycles. The summed E-state index contributed by atoms with van der Waals surface area (Å²) in [5, 5.41) is 3.52. The van der Waals surface area contributed by atoms with Crippen molar-refractivity contribution in [1.82, 2.24) is 10.2 Å². The number of benzene rings is 3. The molecule has 3 rings (SSSR count). The molecular formula is C29H32Cl2FN3O4S. The van der Waals surface area contributed by atoms with E-state index in [4.69, 9.17) is 23.2 Å². The van der Waals surface area contributed by atoms with Gasteiger partial charge in [-0.2, -0.15) is 0 Å². The summed E-state index contributed by atoms with van der Waals surface area (Å²) < 4.78 is 40.3. The van der Waals surface area contributed by atoms with Crippen molar-refractivity contribution in [3.63, 3.8) is 0 Å².